The van der Waals surface area contributed by atoms with Gasteiger partial charge in [0.05, 0.1) is 6.10 Å². The van der Waals surface area contributed by atoms with E-state index >= 15 is 0 Å². The lowest BCUT2D eigenvalue weighted by Crippen LogP contribution is -2.38. The lowest BCUT2D eigenvalue weighted by Gasteiger charge is -2.26. The number of amides is 2. The zero-order valence-corrected chi connectivity index (χ0v) is 12.9. The van der Waals surface area contributed by atoms with Crippen molar-refractivity contribution in [1.82, 2.24) is 10.2 Å². The Balaban J connectivity index is 1.46. The van der Waals surface area contributed by atoms with Gasteiger partial charge in [0, 0.05) is 39.1 Å². The van der Waals surface area contributed by atoms with Gasteiger partial charge < -0.3 is 15.0 Å². The van der Waals surface area contributed by atoms with Crippen molar-refractivity contribution in [3.05, 3.63) is 0 Å². The fourth-order valence-corrected chi connectivity index (χ4v) is 3.02. The number of carbonyl (C=O) groups is 2. The average molecular weight is 296 g/mol. The molecule has 5 nitrogen and oxygen atoms in total. The van der Waals surface area contributed by atoms with Gasteiger partial charge in [0.15, 0.2) is 0 Å². The molecular weight excluding hydrogens is 268 g/mol. The van der Waals surface area contributed by atoms with Gasteiger partial charge in [-0.1, -0.05) is 0 Å². The number of likely N-dealkylation sites (tertiary alicyclic amines) is 1. The van der Waals surface area contributed by atoms with Gasteiger partial charge in [0.2, 0.25) is 11.8 Å². The van der Waals surface area contributed by atoms with Crippen LogP contribution in [0.4, 0.5) is 0 Å². The zero-order valence-electron chi connectivity index (χ0n) is 12.9. The highest BCUT2D eigenvalue weighted by molar-refractivity contribution is 5.79. The second kappa shape index (κ2) is 9.03. The van der Waals surface area contributed by atoms with Crippen molar-refractivity contribution in [2.45, 2.75) is 63.9 Å². The highest BCUT2D eigenvalue weighted by atomic mass is 16.5. The van der Waals surface area contributed by atoms with Gasteiger partial charge in [-0.3, -0.25) is 9.59 Å². The molecule has 0 saturated carbocycles. The standard InChI is InChI=1S/C16H28N2O3/c19-15(9-12-18-11-4-2-8-16(18)20)17-10-3-1-6-14-7-5-13-21-14/h14H,1-13H2,(H,17,19)/t14-/m1/s1. The van der Waals surface area contributed by atoms with E-state index in [0.717, 1.165) is 51.8 Å². The molecule has 1 N–H and O–H groups in total. The summed E-state index contributed by atoms with van der Waals surface area (Å²) in [5.41, 5.74) is 0. The Kier molecular flexibility index (Phi) is 7.00. The first-order chi connectivity index (χ1) is 10.3. The molecule has 2 heterocycles. The number of ether oxygens (including phenoxy) is 1. The van der Waals surface area contributed by atoms with E-state index in [9.17, 15) is 9.59 Å². The van der Waals surface area contributed by atoms with Gasteiger partial charge in [0.1, 0.15) is 0 Å². The summed E-state index contributed by atoms with van der Waals surface area (Å²) in [6.07, 6.45) is 9.19. The fraction of sp³-hybridized carbons (Fsp3) is 0.875. The summed E-state index contributed by atoms with van der Waals surface area (Å²) in [5.74, 6) is 0.260. The molecule has 2 aliphatic rings. The highest BCUT2D eigenvalue weighted by Gasteiger charge is 2.18. The number of rotatable bonds is 8. The number of unbranched alkanes of at least 4 members (excludes halogenated alkanes) is 1. The van der Waals surface area contributed by atoms with Crippen LogP contribution in [0.25, 0.3) is 0 Å². The van der Waals surface area contributed by atoms with Crippen molar-refractivity contribution in [3.8, 4) is 0 Å². The largest absolute Gasteiger partial charge is 0.378 e. The monoisotopic (exact) mass is 296 g/mol. The Morgan fingerprint density at radius 2 is 2.19 bits per heavy atom. The van der Waals surface area contributed by atoms with E-state index in [1.54, 1.807) is 0 Å². The van der Waals surface area contributed by atoms with E-state index < -0.39 is 0 Å². The van der Waals surface area contributed by atoms with Gasteiger partial charge in [0.25, 0.3) is 0 Å². The van der Waals surface area contributed by atoms with E-state index in [-0.39, 0.29) is 11.8 Å². The van der Waals surface area contributed by atoms with Crippen molar-refractivity contribution in [2.24, 2.45) is 0 Å². The SMILES string of the molecule is O=C(CCN1CCCCC1=O)NCCCC[C@@H]1CCCO1. The minimum absolute atomic E-state index is 0.0606. The van der Waals surface area contributed by atoms with E-state index in [1.807, 2.05) is 4.90 Å². The van der Waals surface area contributed by atoms with Crippen LogP contribution in [0, 0.1) is 0 Å². The van der Waals surface area contributed by atoms with Gasteiger partial charge >= 0.3 is 0 Å². The van der Waals surface area contributed by atoms with Crippen LogP contribution in [0.3, 0.4) is 0 Å². The Hall–Kier alpha value is -1.10. The van der Waals surface area contributed by atoms with Gasteiger partial charge in [-0.05, 0) is 44.9 Å². The Bertz CT molecular complexity index is 340. The van der Waals surface area contributed by atoms with Crippen LogP contribution in [-0.2, 0) is 14.3 Å². The van der Waals surface area contributed by atoms with Crippen LogP contribution in [0.15, 0.2) is 0 Å². The first-order valence-electron chi connectivity index (χ1n) is 8.42. The zero-order chi connectivity index (χ0) is 14.9. The molecule has 0 aliphatic carbocycles. The summed E-state index contributed by atoms with van der Waals surface area (Å²) in [7, 11) is 0. The summed E-state index contributed by atoms with van der Waals surface area (Å²) in [6, 6.07) is 0. The molecule has 0 bridgehead atoms. The van der Waals surface area contributed by atoms with Crippen LogP contribution >= 0.6 is 0 Å². The normalized spacial score (nSPS) is 22.6. The van der Waals surface area contributed by atoms with Crippen LogP contribution in [-0.4, -0.2) is 49.1 Å². The molecule has 120 valence electrons. The Morgan fingerprint density at radius 3 is 2.95 bits per heavy atom. The molecule has 1 atom stereocenters. The van der Waals surface area contributed by atoms with Crippen molar-refractivity contribution < 1.29 is 14.3 Å². The van der Waals surface area contributed by atoms with E-state index in [1.165, 1.54) is 12.8 Å². The molecule has 2 fully saturated rings. The maximum Gasteiger partial charge on any atom is 0.222 e. The molecule has 2 amide bonds. The molecule has 2 rings (SSSR count). The second-order valence-electron chi connectivity index (χ2n) is 6.07. The molecule has 5 heteroatoms. The first kappa shape index (κ1) is 16.3. The van der Waals surface area contributed by atoms with Crippen LogP contribution < -0.4 is 5.32 Å². The smallest absolute Gasteiger partial charge is 0.222 e. The van der Waals surface area contributed by atoms with Crippen molar-refractivity contribution in [1.29, 1.82) is 0 Å². The minimum Gasteiger partial charge on any atom is -0.378 e. The number of piperidine rings is 1. The van der Waals surface area contributed by atoms with Crippen molar-refractivity contribution >= 4 is 11.8 Å². The third-order valence-electron chi connectivity index (χ3n) is 4.33. The summed E-state index contributed by atoms with van der Waals surface area (Å²) >= 11 is 0. The van der Waals surface area contributed by atoms with E-state index in [0.29, 0.717) is 25.5 Å². The lowest BCUT2D eigenvalue weighted by molar-refractivity contribution is -0.133. The second-order valence-corrected chi connectivity index (χ2v) is 6.07. The number of nitrogens with zero attached hydrogens (tertiary/aromatic N) is 1. The number of hydrogen-bond acceptors (Lipinski definition) is 3. The maximum absolute atomic E-state index is 11.7. The maximum atomic E-state index is 11.7. The van der Waals surface area contributed by atoms with Crippen LogP contribution in [0.2, 0.25) is 0 Å². The lowest BCUT2D eigenvalue weighted by atomic mass is 10.1. The molecular formula is C16H28N2O3. The average Bonchev–Trinajstić information content (AvgIpc) is 2.99. The molecule has 0 unspecified atom stereocenters. The molecule has 0 aromatic carbocycles. The topological polar surface area (TPSA) is 58.6 Å². The predicted molar refractivity (Wildman–Crippen MR) is 80.9 cm³/mol. The van der Waals surface area contributed by atoms with Crippen LogP contribution in [0.5, 0.6) is 0 Å². The number of nitrogens with one attached hydrogen (secondary N) is 1. The van der Waals surface area contributed by atoms with Gasteiger partial charge in [-0.15, -0.1) is 0 Å². The van der Waals surface area contributed by atoms with Crippen molar-refractivity contribution in [3.63, 3.8) is 0 Å². The fourth-order valence-electron chi connectivity index (χ4n) is 3.02. The van der Waals surface area contributed by atoms with Gasteiger partial charge in [-0.25, -0.2) is 0 Å². The first-order valence-corrected chi connectivity index (χ1v) is 8.42. The molecule has 21 heavy (non-hydrogen) atoms. The van der Waals surface area contributed by atoms with Crippen molar-refractivity contribution in [2.75, 3.05) is 26.2 Å². The number of carbonyl (C=O) groups excluding carboxylic acids is 2. The molecule has 0 radical (unpaired) electrons. The predicted octanol–water partition coefficient (Wildman–Crippen LogP) is 1.85. The summed E-state index contributed by atoms with van der Waals surface area (Å²) < 4.78 is 5.57. The molecule has 0 aromatic heterocycles. The Morgan fingerprint density at radius 1 is 1.29 bits per heavy atom. The third kappa shape index (κ3) is 6.04. The summed E-state index contributed by atoms with van der Waals surface area (Å²) in [5, 5.41) is 2.94. The van der Waals surface area contributed by atoms with E-state index in [2.05, 4.69) is 5.32 Å². The van der Waals surface area contributed by atoms with E-state index in [4.69, 9.17) is 4.74 Å². The molecule has 0 spiro atoms. The molecule has 2 aliphatic heterocycles. The quantitative estimate of drug-likeness (QED) is 0.696. The minimum atomic E-state index is 0.0606. The Labute approximate surface area is 127 Å². The van der Waals surface area contributed by atoms with Crippen LogP contribution in [0.1, 0.15) is 57.8 Å². The number of hydrogen-bond donors (Lipinski definition) is 1. The van der Waals surface area contributed by atoms with Gasteiger partial charge in [-0.2, -0.15) is 0 Å². The summed E-state index contributed by atoms with van der Waals surface area (Å²) in [4.78, 5) is 25.2. The molecule has 2 saturated heterocycles. The molecule has 0 aromatic rings. The highest BCUT2D eigenvalue weighted by Crippen LogP contribution is 2.17. The summed E-state index contributed by atoms with van der Waals surface area (Å²) in [6.45, 7) is 3.03. The third-order valence-corrected chi connectivity index (χ3v) is 4.33.